The number of fused-ring (bicyclic) bond motifs is 1. The minimum absolute atomic E-state index is 0.218. The van der Waals surface area contributed by atoms with Gasteiger partial charge in [-0.15, -0.1) is 0 Å². The van der Waals surface area contributed by atoms with Crippen molar-refractivity contribution in [3.05, 3.63) is 59.7 Å². The quantitative estimate of drug-likeness (QED) is 0.543. The van der Waals surface area contributed by atoms with Gasteiger partial charge in [0, 0.05) is 35.8 Å². The van der Waals surface area contributed by atoms with Gasteiger partial charge in [0.1, 0.15) is 5.82 Å². The summed E-state index contributed by atoms with van der Waals surface area (Å²) in [4.78, 5) is 19.8. The molecule has 0 atom stereocenters. The molecule has 6 heteroatoms. The summed E-state index contributed by atoms with van der Waals surface area (Å²) in [5, 5.41) is 3.98. The molecule has 4 rings (SSSR count). The van der Waals surface area contributed by atoms with Crippen LogP contribution in [0, 0.1) is 6.92 Å². The Balaban J connectivity index is 1.51. The fourth-order valence-electron chi connectivity index (χ4n) is 4.13. The molecule has 0 spiro atoms. The summed E-state index contributed by atoms with van der Waals surface area (Å²) in [6, 6.07) is 13.5. The van der Waals surface area contributed by atoms with E-state index < -0.39 is 0 Å². The van der Waals surface area contributed by atoms with Crippen LogP contribution in [0.3, 0.4) is 0 Å². The number of ether oxygens (including phenoxy) is 2. The molecule has 1 fully saturated rings. The van der Waals surface area contributed by atoms with Crippen molar-refractivity contribution in [2.24, 2.45) is 0 Å². The fourth-order valence-corrected chi connectivity index (χ4v) is 4.13. The third kappa shape index (κ3) is 4.69. The van der Waals surface area contributed by atoms with Crippen LogP contribution < -0.4 is 19.7 Å². The minimum atomic E-state index is -0.218. The predicted molar refractivity (Wildman–Crippen MR) is 130 cm³/mol. The van der Waals surface area contributed by atoms with Crippen LogP contribution in [-0.4, -0.2) is 38.2 Å². The number of pyridine rings is 1. The number of methoxy groups -OCH3 is 2. The van der Waals surface area contributed by atoms with E-state index in [1.54, 1.807) is 20.3 Å². The molecule has 3 aromatic rings. The van der Waals surface area contributed by atoms with E-state index in [9.17, 15) is 4.79 Å². The number of carbonyl (C=O) groups excluding carboxylic acids is 1. The van der Waals surface area contributed by atoms with Crippen LogP contribution in [0.4, 0.5) is 11.5 Å². The molecule has 1 amide bonds. The summed E-state index contributed by atoms with van der Waals surface area (Å²) in [6.07, 6.45) is 6.95. The Morgan fingerprint density at radius 2 is 1.88 bits per heavy atom. The van der Waals surface area contributed by atoms with E-state index in [4.69, 9.17) is 14.5 Å². The maximum absolute atomic E-state index is 12.5. The van der Waals surface area contributed by atoms with E-state index in [2.05, 4.69) is 23.2 Å². The van der Waals surface area contributed by atoms with E-state index in [0.717, 1.165) is 46.6 Å². The number of nitrogens with one attached hydrogen (secondary N) is 1. The molecule has 6 nitrogen and oxygen atoms in total. The van der Waals surface area contributed by atoms with Crippen molar-refractivity contribution in [1.29, 1.82) is 0 Å². The van der Waals surface area contributed by atoms with Crippen LogP contribution in [-0.2, 0) is 4.79 Å². The summed E-state index contributed by atoms with van der Waals surface area (Å²) in [5.41, 5.74) is 3.61. The van der Waals surface area contributed by atoms with Gasteiger partial charge in [-0.05, 0) is 68.2 Å². The predicted octanol–water partition coefficient (Wildman–Crippen LogP) is 5.20. The largest absolute Gasteiger partial charge is 0.493 e. The number of aromatic nitrogens is 1. The highest BCUT2D eigenvalue weighted by molar-refractivity contribution is 6.03. The number of hydrogen-bond donors (Lipinski definition) is 1. The minimum Gasteiger partial charge on any atom is -0.493 e. The van der Waals surface area contributed by atoms with Gasteiger partial charge in [0.25, 0.3) is 0 Å². The summed E-state index contributed by atoms with van der Waals surface area (Å²) in [6.45, 7) is 4.23. The molecular formula is C26H29N3O3. The first-order valence-corrected chi connectivity index (χ1v) is 11.0. The molecule has 1 aliphatic heterocycles. The lowest BCUT2D eigenvalue weighted by Crippen LogP contribution is -2.30. The topological polar surface area (TPSA) is 63.7 Å². The zero-order valence-corrected chi connectivity index (χ0v) is 18.9. The number of piperidine rings is 1. The van der Waals surface area contributed by atoms with E-state index >= 15 is 0 Å². The molecule has 1 N–H and O–H groups in total. The average molecular weight is 432 g/mol. The molecule has 166 valence electrons. The van der Waals surface area contributed by atoms with Crippen LogP contribution in [0.1, 0.15) is 30.4 Å². The van der Waals surface area contributed by atoms with Gasteiger partial charge in [-0.25, -0.2) is 4.98 Å². The average Bonchev–Trinajstić information content (AvgIpc) is 2.83. The third-order valence-corrected chi connectivity index (χ3v) is 5.80. The van der Waals surface area contributed by atoms with Gasteiger partial charge in [0.05, 0.1) is 19.7 Å². The van der Waals surface area contributed by atoms with Crippen molar-refractivity contribution in [1.82, 2.24) is 4.98 Å². The Hall–Kier alpha value is -3.54. The molecule has 0 radical (unpaired) electrons. The third-order valence-electron chi connectivity index (χ3n) is 5.80. The lowest BCUT2D eigenvalue weighted by atomic mass is 10.1. The molecule has 0 saturated carbocycles. The van der Waals surface area contributed by atoms with E-state index in [-0.39, 0.29) is 5.91 Å². The van der Waals surface area contributed by atoms with Gasteiger partial charge in [-0.1, -0.05) is 12.1 Å². The van der Waals surface area contributed by atoms with Crippen molar-refractivity contribution in [2.75, 3.05) is 37.5 Å². The SMILES string of the molecule is COc1cccc(/C=C/C(=O)Nc2ccc3nc(N4CCCCC4)cc(C)c3c2)c1OC. The number of nitrogens with zero attached hydrogens (tertiary/aromatic N) is 2. The standard InChI is InChI=1S/C26H29N3O3/c1-18-16-24(29-14-5-4-6-15-29)28-22-12-11-20(17-21(18)22)27-25(30)13-10-19-8-7-9-23(31-2)26(19)32-3/h7-13,16-17H,4-6,14-15H2,1-3H3,(H,27,30)/b13-10+. The van der Waals surface area contributed by atoms with E-state index in [1.165, 1.54) is 25.3 Å². The van der Waals surface area contributed by atoms with Gasteiger partial charge in [0.15, 0.2) is 11.5 Å². The number of carbonyl (C=O) groups is 1. The Morgan fingerprint density at radius 3 is 2.62 bits per heavy atom. The second-order valence-corrected chi connectivity index (χ2v) is 7.98. The summed E-state index contributed by atoms with van der Waals surface area (Å²) < 4.78 is 10.7. The molecule has 2 heterocycles. The Labute approximate surface area is 188 Å². The molecular weight excluding hydrogens is 402 g/mol. The van der Waals surface area contributed by atoms with Gasteiger partial charge in [-0.3, -0.25) is 4.79 Å². The summed E-state index contributed by atoms with van der Waals surface area (Å²) >= 11 is 0. The van der Waals surface area contributed by atoms with E-state index in [1.807, 2.05) is 36.4 Å². The molecule has 1 aromatic heterocycles. The smallest absolute Gasteiger partial charge is 0.248 e. The molecule has 0 bridgehead atoms. The first-order valence-electron chi connectivity index (χ1n) is 11.0. The number of anilines is 2. The summed E-state index contributed by atoms with van der Waals surface area (Å²) in [7, 11) is 3.17. The summed E-state index contributed by atoms with van der Waals surface area (Å²) in [5.74, 6) is 2.04. The van der Waals surface area contributed by atoms with Crippen LogP contribution in [0.25, 0.3) is 17.0 Å². The first-order chi connectivity index (χ1) is 15.6. The number of benzene rings is 2. The van der Waals surface area contributed by atoms with Crippen molar-refractivity contribution in [3.63, 3.8) is 0 Å². The van der Waals surface area contributed by atoms with Crippen LogP contribution >= 0.6 is 0 Å². The molecule has 32 heavy (non-hydrogen) atoms. The molecule has 1 aliphatic rings. The van der Waals surface area contributed by atoms with Crippen molar-refractivity contribution in [3.8, 4) is 11.5 Å². The van der Waals surface area contributed by atoms with Crippen molar-refractivity contribution >= 4 is 34.4 Å². The van der Waals surface area contributed by atoms with Crippen molar-refractivity contribution in [2.45, 2.75) is 26.2 Å². The fraction of sp³-hybridized carbons (Fsp3) is 0.308. The zero-order chi connectivity index (χ0) is 22.5. The normalized spacial score (nSPS) is 14.0. The molecule has 0 aliphatic carbocycles. The Kier molecular flexibility index (Phi) is 6.59. The van der Waals surface area contributed by atoms with Gasteiger partial charge in [-0.2, -0.15) is 0 Å². The van der Waals surface area contributed by atoms with Crippen molar-refractivity contribution < 1.29 is 14.3 Å². The second kappa shape index (κ2) is 9.73. The van der Waals surface area contributed by atoms with Gasteiger partial charge in [0.2, 0.25) is 5.91 Å². The lowest BCUT2D eigenvalue weighted by molar-refractivity contribution is -0.111. The van der Waals surface area contributed by atoms with Gasteiger partial charge < -0.3 is 19.7 Å². The zero-order valence-electron chi connectivity index (χ0n) is 18.9. The maximum atomic E-state index is 12.5. The second-order valence-electron chi connectivity index (χ2n) is 7.98. The van der Waals surface area contributed by atoms with Crippen LogP contribution in [0.2, 0.25) is 0 Å². The van der Waals surface area contributed by atoms with Gasteiger partial charge >= 0.3 is 0 Å². The molecule has 0 unspecified atom stereocenters. The van der Waals surface area contributed by atoms with Crippen LogP contribution in [0.15, 0.2) is 48.5 Å². The highest BCUT2D eigenvalue weighted by Crippen LogP contribution is 2.31. The maximum Gasteiger partial charge on any atom is 0.248 e. The Morgan fingerprint density at radius 1 is 1.06 bits per heavy atom. The van der Waals surface area contributed by atoms with Crippen LogP contribution in [0.5, 0.6) is 11.5 Å². The Bertz CT molecular complexity index is 1150. The monoisotopic (exact) mass is 431 g/mol. The number of rotatable bonds is 6. The highest BCUT2D eigenvalue weighted by atomic mass is 16.5. The molecule has 2 aromatic carbocycles. The number of hydrogen-bond acceptors (Lipinski definition) is 5. The van der Waals surface area contributed by atoms with E-state index in [0.29, 0.717) is 11.5 Å². The molecule has 1 saturated heterocycles. The number of aryl methyl sites for hydroxylation is 1. The first kappa shape index (κ1) is 21.7. The number of amides is 1. The highest BCUT2D eigenvalue weighted by Gasteiger charge is 2.14. The lowest BCUT2D eigenvalue weighted by Gasteiger charge is -2.28. The number of para-hydroxylation sites is 1.